The highest BCUT2D eigenvalue weighted by atomic mass is 32.2. The Labute approximate surface area is 239 Å². The molecule has 0 aliphatic carbocycles. The van der Waals surface area contributed by atoms with Gasteiger partial charge in [0.15, 0.2) is 0 Å². The molecule has 0 aliphatic rings. The summed E-state index contributed by atoms with van der Waals surface area (Å²) in [6, 6.07) is 21.8. The van der Waals surface area contributed by atoms with Crippen molar-refractivity contribution in [2.45, 2.75) is 11.8 Å². The first-order valence-electron chi connectivity index (χ1n) is 12.6. The van der Waals surface area contributed by atoms with E-state index in [0.29, 0.717) is 39.2 Å². The van der Waals surface area contributed by atoms with E-state index in [1.807, 2.05) is 6.07 Å². The molecule has 13 heteroatoms. The standard InChI is InChI=1S/C29H23N7O5S/c1-17-33-34-26(41-17)19-7-6-10-22(13-19)42(38,39)35-25-15-20(16-31-27(25)40-2)18-11-12-24-23(14-18)28(37)36(29(30)32-24)21-8-4-3-5-9-21/h3-16,35H,1-2H3,(H2,30,32). The second-order valence-corrected chi connectivity index (χ2v) is 10.9. The van der Waals surface area contributed by atoms with E-state index < -0.39 is 10.0 Å². The molecule has 3 heterocycles. The first-order chi connectivity index (χ1) is 20.2. The van der Waals surface area contributed by atoms with Gasteiger partial charge in [-0.3, -0.25) is 9.52 Å². The number of nitrogens with two attached hydrogens (primary N) is 1. The van der Waals surface area contributed by atoms with E-state index in [4.69, 9.17) is 14.9 Å². The average Bonchev–Trinajstić information content (AvgIpc) is 3.44. The Hall–Kier alpha value is -5.56. The van der Waals surface area contributed by atoms with Crippen LogP contribution in [0.3, 0.4) is 0 Å². The van der Waals surface area contributed by atoms with E-state index in [1.165, 1.54) is 30.0 Å². The number of rotatable bonds is 7. The molecule has 0 amide bonds. The normalized spacial score (nSPS) is 11.5. The molecule has 6 rings (SSSR count). The number of benzene rings is 3. The summed E-state index contributed by atoms with van der Waals surface area (Å²) in [6.45, 7) is 1.64. The van der Waals surface area contributed by atoms with Crippen LogP contribution >= 0.6 is 0 Å². The number of methoxy groups -OCH3 is 1. The SMILES string of the molecule is COc1ncc(-c2ccc3nc(N)n(-c4ccccc4)c(=O)c3c2)cc1NS(=O)(=O)c1cccc(-c2nnc(C)o2)c1. The Balaban J connectivity index is 1.39. The summed E-state index contributed by atoms with van der Waals surface area (Å²) in [7, 11) is -2.70. The van der Waals surface area contributed by atoms with Crippen LogP contribution in [-0.2, 0) is 10.0 Å². The van der Waals surface area contributed by atoms with E-state index in [9.17, 15) is 13.2 Å². The number of para-hydroxylation sites is 1. The number of ether oxygens (including phenoxy) is 1. The van der Waals surface area contributed by atoms with E-state index in [0.717, 1.165) is 0 Å². The molecule has 0 atom stereocenters. The van der Waals surface area contributed by atoms with Gasteiger partial charge in [-0.25, -0.2) is 23.0 Å². The molecule has 210 valence electrons. The van der Waals surface area contributed by atoms with Gasteiger partial charge < -0.3 is 14.9 Å². The number of pyridine rings is 1. The highest BCUT2D eigenvalue weighted by Gasteiger charge is 2.20. The number of nitrogens with zero attached hydrogens (tertiary/aromatic N) is 5. The molecule has 0 spiro atoms. The van der Waals surface area contributed by atoms with Gasteiger partial charge in [0.2, 0.25) is 23.6 Å². The molecule has 0 radical (unpaired) electrons. The summed E-state index contributed by atoms with van der Waals surface area (Å²) in [5.41, 5.74) is 8.48. The number of hydrogen-bond donors (Lipinski definition) is 2. The predicted molar refractivity (Wildman–Crippen MR) is 157 cm³/mol. The second kappa shape index (κ2) is 10.4. The fraction of sp³-hybridized carbons (Fsp3) is 0.0690. The van der Waals surface area contributed by atoms with Crippen LogP contribution in [0.5, 0.6) is 5.88 Å². The minimum absolute atomic E-state index is 0.0286. The first-order valence-corrected chi connectivity index (χ1v) is 14.1. The van der Waals surface area contributed by atoms with Gasteiger partial charge >= 0.3 is 0 Å². The van der Waals surface area contributed by atoms with Crippen LogP contribution in [-0.4, -0.2) is 40.3 Å². The number of nitrogen functional groups attached to an aromatic ring is 1. The molecular weight excluding hydrogens is 558 g/mol. The number of anilines is 2. The zero-order chi connectivity index (χ0) is 29.4. The Morgan fingerprint density at radius 1 is 0.929 bits per heavy atom. The third-order valence-corrected chi connectivity index (χ3v) is 7.81. The third kappa shape index (κ3) is 4.92. The molecular formula is C29H23N7O5S. The van der Waals surface area contributed by atoms with Gasteiger partial charge in [-0.15, -0.1) is 10.2 Å². The van der Waals surface area contributed by atoms with Crippen molar-refractivity contribution >= 4 is 32.6 Å². The molecule has 0 aliphatic heterocycles. The number of aryl methyl sites for hydroxylation is 1. The van der Waals surface area contributed by atoms with Gasteiger partial charge in [-0.05, 0) is 54.1 Å². The zero-order valence-electron chi connectivity index (χ0n) is 22.3. The maximum atomic E-state index is 13.5. The number of nitrogens with one attached hydrogen (secondary N) is 1. The van der Waals surface area contributed by atoms with Gasteiger partial charge in [0, 0.05) is 24.2 Å². The maximum absolute atomic E-state index is 13.5. The highest BCUT2D eigenvalue weighted by molar-refractivity contribution is 7.92. The smallest absolute Gasteiger partial charge is 0.267 e. The quantitative estimate of drug-likeness (QED) is 0.279. The topological polar surface area (TPSA) is 168 Å². The number of fused-ring (bicyclic) bond motifs is 1. The van der Waals surface area contributed by atoms with Gasteiger partial charge in [0.05, 0.1) is 28.6 Å². The number of sulfonamides is 1. The van der Waals surface area contributed by atoms with E-state index in [2.05, 4.69) is 24.9 Å². The van der Waals surface area contributed by atoms with Crippen molar-refractivity contribution in [1.29, 1.82) is 0 Å². The Kier molecular flexibility index (Phi) is 6.63. The lowest BCUT2D eigenvalue weighted by molar-refractivity contribution is 0.400. The summed E-state index contributed by atoms with van der Waals surface area (Å²) >= 11 is 0. The minimum atomic E-state index is -4.09. The van der Waals surface area contributed by atoms with Gasteiger partial charge in [0.25, 0.3) is 15.6 Å². The molecule has 42 heavy (non-hydrogen) atoms. The van der Waals surface area contributed by atoms with Crippen LogP contribution in [0, 0.1) is 6.92 Å². The average molecular weight is 582 g/mol. The van der Waals surface area contributed by atoms with Crippen LogP contribution in [0.25, 0.3) is 39.2 Å². The number of aromatic nitrogens is 5. The molecule has 0 bridgehead atoms. The number of hydrogen-bond acceptors (Lipinski definition) is 10. The van der Waals surface area contributed by atoms with Crippen molar-refractivity contribution in [2.75, 3.05) is 17.6 Å². The molecule has 3 N–H and O–H groups in total. The monoisotopic (exact) mass is 581 g/mol. The lowest BCUT2D eigenvalue weighted by Crippen LogP contribution is -2.23. The minimum Gasteiger partial charge on any atom is -0.480 e. The highest BCUT2D eigenvalue weighted by Crippen LogP contribution is 2.32. The summed E-state index contributed by atoms with van der Waals surface area (Å²) in [4.78, 5) is 22.2. The molecule has 0 saturated carbocycles. The Bertz CT molecular complexity index is 2130. The maximum Gasteiger partial charge on any atom is 0.267 e. The molecule has 3 aromatic heterocycles. The van der Waals surface area contributed by atoms with Gasteiger partial charge in [0.1, 0.15) is 5.69 Å². The van der Waals surface area contributed by atoms with Crippen molar-refractivity contribution in [3.8, 4) is 34.1 Å². The molecule has 12 nitrogen and oxygen atoms in total. The Morgan fingerprint density at radius 3 is 2.48 bits per heavy atom. The summed E-state index contributed by atoms with van der Waals surface area (Å²) in [5, 5.41) is 8.08. The van der Waals surface area contributed by atoms with E-state index in [-0.39, 0.29) is 33.9 Å². The predicted octanol–water partition coefficient (Wildman–Crippen LogP) is 4.20. The molecule has 0 saturated heterocycles. The van der Waals surface area contributed by atoms with Crippen molar-refractivity contribution in [1.82, 2.24) is 24.7 Å². The zero-order valence-corrected chi connectivity index (χ0v) is 23.2. The molecule has 6 aromatic rings. The molecule has 0 fully saturated rings. The van der Waals surface area contributed by atoms with E-state index in [1.54, 1.807) is 67.6 Å². The van der Waals surface area contributed by atoms with E-state index >= 15 is 0 Å². The summed E-state index contributed by atoms with van der Waals surface area (Å²) in [6.07, 6.45) is 1.52. The molecule has 3 aromatic carbocycles. The summed E-state index contributed by atoms with van der Waals surface area (Å²) in [5.74, 6) is 0.681. The van der Waals surface area contributed by atoms with Crippen molar-refractivity contribution in [3.63, 3.8) is 0 Å². The van der Waals surface area contributed by atoms with Crippen LogP contribution in [0.4, 0.5) is 11.6 Å². The van der Waals surface area contributed by atoms with Crippen molar-refractivity contribution in [2.24, 2.45) is 0 Å². The van der Waals surface area contributed by atoms with Crippen LogP contribution < -0.4 is 20.8 Å². The second-order valence-electron chi connectivity index (χ2n) is 9.22. The molecule has 0 unspecified atom stereocenters. The van der Waals surface area contributed by atoms with Crippen LogP contribution in [0.15, 0.2) is 99.2 Å². The third-order valence-electron chi connectivity index (χ3n) is 6.45. The lowest BCUT2D eigenvalue weighted by Gasteiger charge is -2.14. The first kappa shape index (κ1) is 26.7. The van der Waals surface area contributed by atoms with Gasteiger partial charge in [-0.1, -0.05) is 30.3 Å². The lowest BCUT2D eigenvalue weighted by atomic mass is 10.0. The fourth-order valence-electron chi connectivity index (χ4n) is 4.47. The van der Waals surface area contributed by atoms with Crippen molar-refractivity contribution < 1.29 is 17.6 Å². The van der Waals surface area contributed by atoms with Crippen LogP contribution in [0.1, 0.15) is 5.89 Å². The summed E-state index contributed by atoms with van der Waals surface area (Å²) < 4.78 is 41.5. The van der Waals surface area contributed by atoms with Crippen molar-refractivity contribution in [3.05, 3.63) is 101 Å². The van der Waals surface area contributed by atoms with Crippen LogP contribution in [0.2, 0.25) is 0 Å². The fourth-order valence-corrected chi connectivity index (χ4v) is 5.56. The largest absolute Gasteiger partial charge is 0.480 e. The Morgan fingerprint density at radius 2 is 1.74 bits per heavy atom. The van der Waals surface area contributed by atoms with Gasteiger partial charge in [-0.2, -0.15) is 0 Å².